The van der Waals surface area contributed by atoms with E-state index in [9.17, 15) is 4.79 Å². The number of nitrogen functional groups attached to an aromatic ring is 1. The minimum Gasteiger partial charge on any atom is -0.380 e. The van der Waals surface area contributed by atoms with E-state index in [4.69, 9.17) is 10.3 Å². The second kappa shape index (κ2) is 6.12. The van der Waals surface area contributed by atoms with Crippen LogP contribution in [0.25, 0.3) is 27.7 Å². The van der Waals surface area contributed by atoms with Gasteiger partial charge < -0.3 is 15.2 Å². The number of nitrogens with zero attached hydrogens (tertiary/aromatic N) is 4. The lowest BCUT2D eigenvalue weighted by molar-refractivity contribution is 0.0726. The Hall–Kier alpha value is -3.35. The number of hydrogen-bond acceptors (Lipinski definition) is 5. The van der Waals surface area contributed by atoms with E-state index < -0.39 is 0 Å². The molecule has 1 fully saturated rings. The summed E-state index contributed by atoms with van der Waals surface area (Å²) in [5.74, 6) is 0.418. The summed E-state index contributed by atoms with van der Waals surface area (Å²) < 4.78 is 6.99. The minimum absolute atomic E-state index is 0.0561. The number of aromatic nitrogens is 3. The number of rotatable bonds is 2. The van der Waals surface area contributed by atoms with Gasteiger partial charge in [0.15, 0.2) is 11.4 Å². The van der Waals surface area contributed by atoms with Crippen molar-refractivity contribution in [3.63, 3.8) is 0 Å². The van der Waals surface area contributed by atoms with Crippen LogP contribution in [0.4, 0.5) is 5.82 Å². The maximum atomic E-state index is 12.9. The quantitative estimate of drug-likeness (QED) is 0.591. The first kappa shape index (κ1) is 15.9. The predicted octanol–water partition coefficient (Wildman–Crippen LogP) is 3.35. The molecule has 0 aliphatic carbocycles. The number of anilines is 1. The van der Waals surface area contributed by atoms with Crippen LogP contribution in [0.2, 0.25) is 0 Å². The van der Waals surface area contributed by atoms with Crippen LogP contribution in [0.3, 0.4) is 0 Å². The summed E-state index contributed by atoms with van der Waals surface area (Å²) in [5.41, 5.74) is 9.79. The number of nitrogens with two attached hydrogens (primary N) is 1. The van der Waals surface area contributed by atoms with Crippen LogP contribution in [0.15, 0.2) is 47.1 Å². The molecule has 0 bridgehead atoms. The SMILES string of the molecule is Nc1noc2ccc(-c3cccc4c(C(=O)N5CCCCC5)cnn34)cc12. The first-order valence-corrected chi connectivity index (χ1v) is 9.14. The standard InChI is InChI=1S/C20H19N5O2/c21-19-14-11-13(7-8-18(14)27-23-19)16-5-4-6-17-15(12-22-25(16)17)20(26)24-9-2-1-3-10-24/h4-8,11-12H,1-3,9-10H2,(H2,21,23). The molecule has 0 radical (unpaired) electrons. The van der Waals surface area contributed by atoms with E-state index in [0.717, 1.165) is 48.1 Å². The maximum absolute atomic E-state index is 12.9. The molecule has 7 heteroatoms. The summed E-state index contributed by atoms with van der Waals surface area (Å²) in [4.78, 5) is 14.9. The Balaban J connectivity index is 1.60. The fourth-order valence-corrected chi connectivity index (χ4v) is 3.78. The number of fused-ring (bicyclic) bond motifs is 2. The van der Waals surface area contributed by atoms with E-state index in [-0.39, 0.29) is 5.91 Å². The molecule has 3 aromatic heterocycles. The third-order valence-electron chi connectivity index (χ3n) is 5.21. The largest absolute Gasteiger partial charge is 0.380 e. The van der Waals surface area contributed by atoms with Crippen LogP contribution in [0, 0.1) is 0 Å². The number of benzene rings is 1. The highest BCUT2D eigenvalue weighted by Crippen LogP contribution is 2.29. The number of amides is 1. The minimum atomic E-state index is 0.0561. The van der Waals surface area contributed by atoms with Crippen LogP contribution in [-0.4, -0.2) is 38.7 Å². The van der Waals surface area contributed by atoms with E-state index in [0.29, 0.717) is 17.0 Å². The molecule has 4 heterocycles. The number of carbonyl (C=O) groups is 1. The molecule has 0 saturated carbocycles. The summed E-state index contributed by atoms with van der Waals surface area (Å²) in [7, 11) is 0. The second-order valence-electron chi connectivity index (χ2n) is 6.90. The normalized spacial score (nSPS) is 14.9. The van der Waals surface area contributed by atoms with Crippen molar-refractivity contribution >= 4 is 28.2 Å². The highest BCUT2D eigenvalue weighted by Gasteiger charge is 2.22. The van der Waals surface area contributed by atoms with Gasteiger partial charge in [0.2, 0.25) is 0 Å². The van der Waals surface area contributed by atoms with Crippen LogP contribution < -0.4 is 5.73 Å². The summed E-state index contributed by atoms with van der Waals surface area (Å²) >= 11 is 0. The number of hydrogen-bond donors (Lipinski definition) is 1. The molecule has 4 aromatic rings. The molecule has 0 unspecified atom stereocenters. The average molecular weight is 361 g/mol. The van der Waals surface area contributed by atoms with Gasteiger partial charge in [-0.2, -0.15) is 5.10 Å². The van der Waals surface area contributed by atoms with E-state index in [1.54, 1.807) is 6.20 Å². The van der Waals surface area contributed by atoms with E-state index >= 15 is 0 Å². The van der Waals surface area contributed by atoms with Crippen molar-refractivity contribution in [2.75, 3.05) is 18.8 Å². The van der Waals surface area contributed by atoms with Crippen LogP contribution in [0.1, 0.15) is 29.6 Å². The van der Waals surface area contributed by atoms with Gasteiger partial charge in [0.1, 0.15) is 0 Å². The zero-order valence-electron chi connectivity index (χ0n) is 14.8. The Labute approximate surface area is 155 Å². The fourth-order valence-electron chi connectivity index (χ4n) is 3.78. The molecular weight excluding hydrogens is 342 g/mol. The van der Waals surface area contributed by atoms with Crippen molar-refractivity contribution in [2.45, 2.75) is 19.3 Å². The van der Waals surface area contributed by atoms with Gasteiger partial charge in [-0.3, -0.25) is 4.79 Å². The molecule has 0 spiro atoms. The van der Waals surface area contributed by atoms with Gasteiger partial charge in [-0.15, -0.1) is 0 Å². The Kier molecular flexibility index (Phi) is 3.60. The molecule has 1 saturated heterocycles. The molecule has 7 nitrogen and oxygen atoms in total. The van der Waals surface area contributed by atoms with Gasteiger partial charge in [0, 0.05) is 18.7 Å². The molecule has 5 rings (SSSR count). The monoisotopic (exact) mass is 361 g/mol. The van der Waals surface area contributed by atoms with Gasteiger partial charge in [-0.1, -0.05) is 11.2 Å². The van der Waals surface area contributed by atoms with E-state index in [2.05, 4.69) is 10.3 Å². The Bertz CT molecular complexity index is 1150. The average Bonchev–Trinajstić information content (AvgIpc) is 3.31. The summed E-state index contributed by atoms with van der Waals surface area (Å²) in [6.07, 6.45) is 4.99. The molecule has 0 atom stereocenters. The number of likely N-dealkylation sites (tertiary alicyclic amines) is 1. The third-order valence-corrected chi connectivity index (χ3v) is 5.21. The van der Waals surface area contributed by atoms with Gasteiger partial charge in [-0.25, -0.2) is 4.52 Å². The van der Waals surface area contributed by atoms with Crippen molar-refractivity contribution in [3.05, 3.63) is 48.2 Å². The lowest BCUT2D eigenvalue weighted by Gasteiger charge is -2.26. The van der Waals surface area contributed by atoms with Crippen molar-refractivity contribution in [3.8, 4) is 11.3 Å². The summed E-state index contributed by atoms with van der Waals surface area (Å²) in [6.45, 7) is 1.64. The van der Waals surface area contributed by atoms with Crippen molar-refractivity contribution in [2.24, 2.45) is 0 Å². The van der Waals surface area contributed by atoms with Crippen LogP contribution in [0.5, 0.6) is 0 Å². The molecule has 1 aliphatic rings. The smallest absolute Gasteiger partial charge is 0.257 e. The molecule has 136 valence electrons. The predicted molar refractivity (Wildman–Crippen MR) is 102 cm³/mol. The number of carbonyl (C=O) groups excluding carboxylic acids is 1. The molecule has 27 heavy (non-hydrogen) atoms. The fraction of sp³-hybridized carbons (Fsp3) is 0.250. The van der Waals surface area contributed by atoms with Crippen molar-refractivity contribution in [1.82, 2.24) is 19.7 Å². The molecule has 1 amide bonds. The van der Waals surface area contributed by atoms with Gasteiger partial charge in [0.25, 0.3) is 5.91 Å². The molecule has 2 N–H and O–H groups in total. The molecular formula is C20H19N5O2. The van der Waals surface area contributed by atoms with E-state index in [1.165, 1.54) is 6.42 Å². The first-order chi connectivity index (χ1) is 13.2. The van der Waals surface area contributed by atoms with Gasteiger partial charge >= 0.3 is 0 Å². The van der Waals surface area contributed by atoms with Crippen LogP contribution in [-0.2, 0) is 0 Å². The van der Waals surface area contributed by atoms with Gasteiger partial charge in [-0.05, 0) is 49.6 Å². The Morgan fingerprint density at radius 2 is 1.96 bits per heavy atom. The lowest BCUT2D eigenvalue weighted by Crippen LogP contribution is -2.35. The van der Waals surface area contributed by atoms with Crippen molar-refractivity contribution in [1.29, 1.82) is 0 Å². The first-order valence-electron chi connectivity index (χ1n) is 9.14. The van der Waals surface area contributed by atoms with Crippen LogP contribution >= 0.6 is 0 Å². The maximum Gasteiger partial charge on any atom is 0.257 e. The zero-order valence-corrected chi connectivity index (χ0v) is 14.8. The molecule has 1 aromatic carbocycles. The Morgan fingerprint density at radius 3 is 2.81 bits per heavy atom. The highest BCUT2D eigenvalue weighted by atomic mass is 16.5. The summed E-state index contributed by atoms with van der Waals surface area (Å²) in [5, 5.41) is 9.07. The highest BCUT2D eigenvalue weighted by molar-refractivity contribution is 6.01. The zero-order chi connectivity index (χ0) is 18.4. The number of piperidine rings is 1. The third kappa shape index (κ3) is 2.54. The number of pyridine rings is 1. The Morgan fingerprint density at radius 1 is 1.11 bits per heavy atom. The summed E-state index contributed by atoms with van der Waals surface area (Å²) in [6, 6.07) is 11.6. The second-order valence-corrected chi connectivity index (χ2v) is 6.90. The molecule has 1 aliphatic heterocycles. The van der Waals surface area contributed by atoms with Gasteiger partial charge in [0.05, 0.1) is 28.4 Å². The lowest BCUT2D eigenvalue weighted by atomic mass is 10.1. The van der Waals surface area contributed by atoms with E-state index in [1.807, 2.05) is 45.8 Å². The van der Waals surface area contributed by atoms with Crippen molar-refractivity contribution < 1.29 is 9.32 Å². The topological polar surface area (TPSA) is 89.7 Å².